The lowest BCUT2D eigenvalue weighted by atomic mass is 10.1. The quantitative estimate of drug-likeness (QED) is 0.798. The monoisotopic (exact) mass is 286 g/mol. The molecule has 102 valence electrons. The van der Waals surface area contributed by atoms with E-state index in [2.05, 4.69) is 4.98 Å². The van der Waals surface area contributed by atoms with E-state index < -0.39 is 11.7 Å². The molecule has 0 spiro atoms. The fraction of sp³-hybridized carbons (Fsp3) is 0.267. The van der Waals surface area contributed by atoms with Crippen molar-refractivity contribution in [2.75, 3.05) is 4.90 Å². The van der Waals surface area contributed by atoms with Crippen LogP contribution in [0.4, 0.5) is 5.69 Å². The molecule has 1 amide bonds. The Morgan fingerprint density at radius 1 is 1.20 bits per heavy atom. The Hall–Kier alpha value is -2.01. The number of aromatic nitrogens is 1. The minimum absolute atomic E-state index is 0.361. The summed E-state index contributed by atoms with van der Waals surface area (Å²) in [6, 6.07) is 5.52. The smallest absolute Gasteiger partial charge is 0.298 e. The normalized spacial score (nSPS) is 14.1. The van der Waals surface area contributed by atoms with E-state index in [4.69, 9.17) is 0 Å². The number of rotatable bonds is 2. The molecule has 1 aromatic heterocycles. The van der Waals surface area contributed by atoms with Gasteiger partial charge in [0, 0.05) is 4.88 Å². The summed E-state index contributed by atoms with van der Waals surface area (Å²) in [6.45, 7) is 6.22. The van der Waals surface area contributed by atoms with E-state index in [9.17, 15) is 9.59 Å². The zero-order chi connectivity index (χ0) is 14.4. The Balaban J connectivity index is 1.99. The van der Waals surface area contributed by atoms with Crippen molar-refractivity contribution in [2.45, 2.75) is 27.3 Å². The Labute approximate surface area is 121 Å². The fourth-order valence-electron chi connectivity index (χ4n) is 2.31. The highest BCUT2D eigenvalue weighted by Gasteiger charge is 2.36. The third-order valence-corrected chi connectivity index (χ3v) is 4.55. The second-order valence-corrected chi connectivity index (χ2v) is 6.28. The summed E-state index contributed by atoms with van der Waals surface area (Å²) in [5, 5.41) is 0.856. The van der Waals surface area contributed by atoms with Gasteiger partial charge in [-0.3, -0.25) is 14.5 Å². The van der Waals surface area contributed by atoms with Gasteiger partial charge in [0.25, 0.3) is 11.7 Å². The van der Waals surface area contributed by atoms with Crippen LogP contribution < -0.4 is 4.90 Å². The minimum atomic E-state index is -0.462. The molecule has 1 aliphatic rings. The van der Waals surface area contributed by atoms with Crippen molar-refractivity contribution in [3.63, 3.8) is 0 Å². The lowest BCUT2D eigenvalue weighted by Gasteiger charge is -2.14. The molecule has 4 nitrogen and oxygen atoms in total. The number of fused-ring (bicyclic) bond motifs is 1. The molecule has 0 aliphatic carbocycles. The number of nitrogens with zero attached hydrogens (tertiary/aromatic N) is 2. The van der Waals surface area contributed by atoms with Gasteiger partial charge in [-0.05, 0) is 32.9 Å². The number of anilines is 1. The van der Waals surface area contributed by atoms with E-state index in [1.807, 2.05) is 32.9 Å². The van der Waals surface area contributed by atoms with E-state index in [1.54, 1.807) is 17.4 Å². The molecule has 0 bridgehead atoms. The number of amides is 1. The standard InChI is InChI=1S/C15H14N2O2S/c1-8-4-5-12-11(6-8)14(18)15(19)17(12)7-13-16-9(2)10(3)20-13/h4-6H,7H2,1-3H3. The summed E-state index contributed by atoms with van der Waals surface area (Å²) in [6.07, 6.45) is 0. The number of carbonyl (C=O) groups excluding carboxylic acids is 2. The van der Waals surface area contributed by atoms with Gasteiger partial charge >= 0.3 is 0 Å². The Bertz CT molecular complexity index is 714. The van der Waals surface area contributed by atoms with Gasteiger partial charge in [-0.2, -0.15) is 0 Å². The summed E-state index contributed by atoms with van der Waals surface area (Å²) < 4.78 is 0. The number of Topliss-reactive ketones (excluding diaryl/α,β-unsaturated/α-hetero) is 1. The number of hydrogen-bond acceptors (Lipinski definition) is 4. The molecule has 0 saturated carbocycles. The maximum Gasteiger partial charge on any atom is 0.299 e. The molecule has 0 radical (unpaired) electrons. The summed E-state index contributed by atoms with van der Waals surface area (Å²) in [5.74, 6) is -0.884. The van der Waals surface area contributed by atoms with Crippen LogP contribution in [0, 0.1) is 20.8 Å². The zero-order valence-corrected chi connectivity index (χ0v) is 12.4. The van der Waals surface area contributed by atoms with E-state index in [0.717, 1.165) is 21.1 Å². The van der Waals surface area contributed by atoms with Crippen LogP contribution in [0.2, 0.25) is 0 Å². The number of carbonyl (C=O) groups is 2. The molecular formula is C15H14N2O2S. The SMILES string of the molecule is Cc1ccc2c(c1)C(=O)C(=O)N2Cc1nc(C)c(C)s1. The minimum Gasteiger partial charge on any atom is -0.298 e. The Morgan fingerprint density at radius 3 is 2.60 bits per heavy atom. The van der Waals surface area contributed by atoms with Crippen LogP contribution in [-0.4, -0.2) is 16.7 Å². The molecule has 0 atom stereocenters. The molecule has 0 N–H and O–H groups in total. The van der Waals surface area contributed by atoms with Crippen molar-refractivity contribution in [1.29, 1.82) is 0 Å². The van der Waals surface area contributed by atoms with E-state index >= 15 is 0 Å². The zero-order valence-electron chi connectivity index (χ0n) is 11.6. The van der Waals surface area contributed by atoms with Crippen LogP contribution >= 0.6 is 11.3 Å². The Morgan fingerprint density at radius 2 is 1.95 bits per heavy atom. The van der Waals surface area contributed by atoms with Gasteiger partial charge in [-0.15, -0.1) is 11.3 Å². The van der Waals surface area contributed by atoms with E-state index in [0.29, 0.717) is 17.8 Å². The molecular weight excluding hydrogens is 272 g/mol. The predicted octanol–water partition coefficient (Wildman–Crippen LogP) is 2.80. The van der Waals surface area contributed by atoms with Gasteiger partial charge in [-0.1, -0.05) is 11.6 Å². The molecule has 20 heavy (non-hydrogen) atoms. The van der Waals surface area contributed by atoms with Crippen molar-refractivity contribution >= 4 is 28.7 Å². The van der Waals surface area contributed by atoms with Gasteiger partial charge in [0.2, 0.25) is 0 Å². The van der Waals surface area contributed by atoms with Crippen molar-refractivity contribution in [1.82, 2.24) is 4.98 Å². The van der Waals surface area contributed by atoms with Crippen molar-refractivity contribution in [2.24, 2.45) is 0 Å². The van der Waals surface area contributed by atoms with Crippen LogP contribution in [0.25, 0.3) is 0 Å². The van der Waals surface area contributed by atoms with Crippen molar-refractivity contribution < 1.29 is 9.59 Å². The van der Waals surface area contributed by atoms with Crippen molar-refractivity contribution in [3.8, 4) is 0 Å². The predicted molar refractivity (Wildman–Crippen MR) is 78.3 cm³/mol. The Kier molecular flexibility index (Phi) is 2.94. The molecule has 5 heteroatoms. The second kappa shape index (κ2) is 4.52. The number of aryl methyl sites for hydroxylation is 3. The number of hydrogen-bond donors (Lipinski definition) is 0. The molecule has 0 unspecified atom stereocenters. The summed E-state index contributed by atoms with van der Waals surface area (Å²) >= 11 is 1.57. The third-order valence-electron chi connectivity index (χ3n) is 3.49. The summed E-state index contributed by atoms with van der Waals surface area (Å²) in [4.78, 5) is 31.2. The maximum absolute atomic E-state index is 12.1. The topological polar surface area (TPSA) is 50.3 Å². The lowest BCUT2D eigenvalue weighted by molar-refractivity contribution is -0.114. The summed E-state index contributed by atoms with van der Waals surface area (Å²) in [5.41, 5.74) is 3.15. The molecule has 0 saturated heterocycles. The molecule has 2 aromatic rings. The van der Waals surface area contributed by atoms with Gasteiger partial charge in [0.1, 0.15) is 5.01 Å². The lowest BCUT2D eigenvalue weighted by Crippen LogP contribution is -2.29. The number of thiazole rings is 1. The first-order valence-electron chi connectivity index (χ1n) is 6.37. The third kappa shape index (κ3) is 1.94. The average molecular weight is 286 g/mol. The maximum atomic E-state index is 12.1. The highest BCUT2D eigenvalue weighted by molar-refractivity contribution is 7.11. The van der Waals surface area contributed by atoms with Gasteiger partial charge in [-0.25, -0.2) is 4.98 Å². The van der Waals surface area contributed by atoms with Crippen LogP contribution in [0.5, 0.6) is 0 Å². The van der Waals surface area contributed by atoms with Gasteiger partial charge in [0.05, 0.1) is 23.5 Å². The summed E-state index contributed by atoms with van der Waals surface area (Å²) in [7, 11) is 0. The number of benzene rings is 1. The number of ketones is 1. The highest BCUT2D eigenvalue weighted by Crippen LogP contribution is 2.31. The first kappa shape index (κ1) is 13.0. The average Bonchev–Trinajstić information content (AvgIpc) is 2.83. The van der Waals surface area contributed by atoms with E-state index in [1.165, 1.54) is 4.90 Å². The molecule has 1 aromatic carbocycles. The van der Waals surface area contributed by atoms with Crippen LogP contribution in [0.3, 0.4) is 0 Å². The molecule has 0 fully saturated rings. The molecule has 3 rings (SSSR count). The highest BCUT2D eigenvalue weighted by atomic mass is 32.1. The van der Waals surface area contributed by atoms with Gasteiger partial charge in [0.15, 0.2) is 0 Å². The van der Waals surface area contributed by atoms with Gasteiger partial charge < -0.3 is 0 Å². The van der Waals surface area contributed by atoms with Crippen LogP contribution in [-0.2, 0) is 11.3 Å². The second-order valence-electron chi connectivity index (χ2n) is 4.99. The first-order chi connectivity index (χ1) is 9.47. The first-order valence-corrected chi connectivity index (χ1v) is 7.19. The fourth-order valence-corrected chi connectivity index (χ4v) is 3.24. The van der Waals surface area contributed by atoms with Crippen LogP contribution in [0.15, 0.2) is 18.2 Å². The van der Waals surface area contributed by atoms with Crippen molar-refractivity contribution in [3.05, 3.63) is 44.9 Å². The van der Waals surface area contributed by atoms with Crippen LogP contribution in [0.1, 0.15) is 31.5 Å². The largest absolute Gasteiger partial charge is 0.299 e. The molecule has 2 heterocycles. The van der Waals surface area contributed by atoms with E-state index in [-0.39, 0.29) is 0 Å². The molecule has 1 aliphatic heterocycles.